The zero-order chi connectivity index (χ0) is 19.4. The van der Waals surface area contributed by atoms with Crippen LogP contribution in [0.1, 0.15) is 45.1 Å². The Labute approximate surface area is 171 Å². The molecule has 0 unspecified atom stereocenters. The lowest BCUT2D eigenvalue weighted by atomic mass is 9.89. The summed E-state index contributed by atoms with van der Waals surface area (Å²) in [5, 5.41) is 1.18. The predicted octanol–water partition coefficient (Wildman–Crippen LogP) is 4.94. The number of urea groups is 1. The molecule has 1 saturated carbocycles. The number of carbonyl (C=O) groups is 1. The molecule has 1 aromatic rings. The highest BCUT2D eigenvalue weighted by Crippen LogP contribution is 2.37. The van der Waals surface area contributed by atoms with Crippen molar-refractivity contribution in [2.24, 2.45) is 0 Å². The highest BCUT2D eigenvalue weighted by Gasteiger charge is 2.42. The lowest BCUT2D eigenvalue weighted by Gasteiger charge is -2.41. The highest BCUT2D eigenvalue weighted by atomic mass is 35.5. The first-order valence-electron chi connectivity index (χ1n) is 9.76. The average Bonchev–Trinajstić information content (AvgIpc) is 3.12. The molecule has 5 nitrogen and oxygen atoms in total. The maximum Gasteiger partial charge on any atom is 0.320 e. The van der Waals surface area contributed by atoms with E-state index in [1.807, 2.05) is 29.7 Å². The molecule has 7 heteroatoms. The number of hydrogen-bond acceptors (Lipinski definition) is 3. The molecular weight excluding hydrogens is 387 g/mol. The smallest absolute Gasteiger partial charge is 0.320 e. The Morgan fingerprint density at radius 2 is 1.70 bits per heavy atom. The van der Waals surface area contributed by atoms with Crippen LogP contribution in [-0.2, 0) is 16.0 Å². The van der Waals surface area contributed by atoms with Crippen LogP contribution < -0.4 is 0 Å². The van der Waals surface area contributed by atoms with Gasteiger partial charge in [0.05, 0.1) is 19.8 Å². The van der Waals surface area contributed by atoms with Crippen molar-refractivity contribution >= 4 is 29.2 Å². The van der Waals surface area contributed by atoms with E-state index in [1.165, 1.54) is 0 Å². The molecule has 1 saturated heterocycles. The summed E-state index contributed by atoms with van der Waals surface area (Å²) in [6, 6.07) is 5.67. The van der Waals surface area contributed by atoms with Crippen molar-refractivity contribution in [3.05, 3.63) is 33.8 Å². The lowest BCUT2D eigenvalue weighted by Crippen LogP contribution is -2.51. The van der Waals surface area contributed by atoms with E-state index < -0.39 is 5.79 Å². The van der Waals surface area contributed by atoms with Crippen LogP contribution in [0.5, 0.6) is 0 Å². The Morgan fingerprint density at radius 3 is 2.22 bits per heavy atom. The lowest BCUT2D eigenvalue weighted by molar-refractivity contribution is -0.182. The largest absolute Gasteiger partial charge is 0.348 e. The van der Waals surface area contributed by atoms with Crippen molar-refractivity contribution in [1.29, 1.82) is 0 Å². The van der Waals surface area contributed by atoms with Crippen molar-refractivity contribution in [1.82, 2.24) is 9.80 Å². The minimum Gasteiger partial charge on any atom is -0.348 e. The Morgan fingerprint density at radius 1 is 1.11 bits per heavy atom. The van der Waals surface area contributed by atoms with Gasteiger partial charge in [0.15, 0.2) is 5.79 Å². The molecule has 150 valence electrons. The standard InChI is InChI=1S/C20H28Cl2N2O3/c1-3-23(14-16-17(21)6-5-7-18(16)22)19(25)24(4-2)15-8-10-20(11-9-15)26-12-13-27-20/h5-7,15H,3-4,8-14H2,1-2H3. The molecule has 0 bridgehead atoms. The fraction of sp³-hybridized carbons (Fsp3) is 0.650. The van der Waals surface area contributed by atoms with Crippen LogP contribution in [0.25, 0.3) is 0 Å². The molecule has 1 aliphatic carbocycles. The zero-order valence-corrected chi connectivity index (χ0v) is 17.6. The molecule has 1 aromatic carbocycles. The normalized spacial score (nSPS) is 19.4. The second-order valence-corrected chi connectivity index (χ2v) is 7.94. The van der Waals surface area contributed by atoms with Crippen molar-refractivity contribution < 1.29 is 14.3 Å². The molecule has 2 fully saturated rings. The third kappa shape index (κ3) is 4.53. The van der Waals surface area contributed by atoms with Crippen LogP contribution in [0.4, 0.5) is 4.79 Å². The Kier molecular flexibility index (Phi) is 6.90. The summed E-state index contributed by atoms with van der Waals surface area (Å²) < 4.78 is 11.6. The minimum absolute atomic E-state index is 0.0326. The third-order valence-corrected chi connectivity index (χ3v) is 6.33. The van der Waals surface area contributed by atoms with Gasteiger partial charge in [-0.05, 0) is 38.8 Å². The summed E-state index contributed by atoms with van der Waals surface area (Å²) in [5.41, 5.74) is 0.794. The van der Waals surface area contributed by atoms with Crippen LogP contribution in [0.3, 0.4) is 0 Å². The van der Waals surface area contributed by atoms with Gasteiger partial charge in [-0.25, -0.2) is 4.79 Å². The van der Waals surface area contributed by atoms with Gasteiger partial charge in [-0.2, -0.15) is 0 Å². The van der Waals surface area contributed by atoms with E-state index in [9.17, 15) is 4.79 Å². The minimum atomic E-state index is -0.408. The first-order valence-corrected chi connectivity index (χ1v) is 10.5. The van der Waals surface area contributed by atoms with Gasteiger partial charge in [-0.15, -0.1) is 0 Å². The number of amides is 2. The van der Waals surface area contributed by atoms with E-state index in [1.54, 1.807) is 12.1 Å². The summed E-state index contributed by atoms with van der Waals surface area (Å²) >= 11 is 12.6. The molecule has 2 aliphatic rings. The number of ether oxygens (including phenoxy) is 2. The van der Waals surface area contributed by atoms with Crippen molar-refractivity contribution in [2.75, 3.05) is 26.3 Å². The second-order valence-electron chi connectivity index (χ2n) is 7.12. The van der Waals surface area contributed by atoms with Gasteiger partial charge < -0.3 is 19.3 Å². The number of rotatable bonds is 5. The molecule has 27 heavy (non-hydrogen) atoms. The maximum absolute atomic E-state index is 13.2. The zero-order valence-electron chi connectivity index (χ0n) is 16.0. The van der Waals surface area contributed by atoms with Gasteiger partial charge >= 0.3 is 6.03 Å². The van der Waals surface area contributed by atoms with Gasteiger partial charge in [0, 0.05) is 47.6 Å². The molecule has 1 heterocycles. The molecule has 2 amide bonds. The molecule has 0 N–H and O–H groups in total. The molecule has 0 aromatic heterocycles. The van der Waals surface area contributed by atoms with Crippen LogP contribution >= 0.6 is 23.2 Å². The highest BCUT2D eigenvalue weighted by molar-refractivity contribution is 6.36. The van der Waals surface area contributed by atoms with E-state index in [2.05, 4.69) is 0 Å². The first kappa shape index (κ1) is 20.7. The second kappa shape index (κ2) is 8.99. The summed E-state index contributed by atoms with van der Waals surface area (Å²) in [7, 11) is 0. The quantitative estimate of drug-likeness (QED) is 0.684. The van der Waals surface area contributed by atoms with E-state index in [4.69, 9.17) is 32.7 Å². The monoisotopic (exact) mass is 414 g/mol. The van der Waals surface area contributed by atoms with Gasteiger partial charge in [0.25, 0.3) is 0 Å². The van der Waals surface area contributed by atoms with Gasteiger partial charge in [0.2, 0.25) is 0 Å². The van der Waals surface area contributed by atoms with Crippen molar-refractivity contribution in [3.8, 4) is 0 Å². The van der Waals surface area contributed by atoms with Crippen molar-refractivity contribution in [2.45, 2.75) is 57.9 Å². The van der Waals surface area contributed by atoms with Crippen LogP contribution in [-0.4, -0.2) is 54.0 Å². The van der Waals surface area contributed by atoms with Gasteiger partial charge in [-0.3, -0.25) is 0 Å². The van der Waals surface area contributed by atoms with Crippen LogP contribution in [0, 0.1) is 0 Å². The molecular formula is C20H28Cl2N2O3. The summed E-state index contributed by atoms with van der Waals surface area (Å²) in [6.45, 7) is 7.03. The van der Waals surface area contributed by atoms with E-state index >= 15 is 0 Å². The topological polar surface area (TPSA) is 42.0 Å². The number of halogens is 2. The van der Waals surface area contributed by atoms with Gasteiger partial charge in [-0.1, -0.05) is 29.3 Å². The Balaban J connectivity index is 1.67. The number of hydrogen-bond donors (Lipinski definition) is 0. The molecule has 3 rings (SSSR count). The maximum atomic E-state index is 13.2. The SMILES string of the molecule is CCN(Cc1c(Cl)cccc1Cl)C(=O)N(CC)C1CCC2(CC1)OCCO2. The van der Waals surface area contributed by atoms with E-state index in [-0.39, 0.29) is 12.1 Å². The molecule has 0 radical (unpaired) electrons. The Hall–Kier alpha value is -1.01. The fourth-order valence-electron chi connectivity index (χ4n) is 4.06. The number of carbonyl (C=O) groups excluding carboxylic acids is 1. The molecule has 1 aliphatic heterocycles. The summed E-state index contributed by atoms with van der Waals surface area (Å²) in [6.07, 6.45) is 3.46. The number of benzene rings is 1. The third-order valence-electron chi connectivity index (χ3n) is 5.62. The Bertz CT molecular complexity index is 634. The van der Waals surface area contributed by atoms with Crippen LogP contribution in [0.15, 0.2) is 18.2 Å². The van der Waals surface area contributed by atoms with E-state index in [0.717, 1.165) is 31.2 Å². The number of nitrogens with zero attached hydrogens (tertiary/aromatic N) is 2. The van der Waals surface area contributed by atoms with Gasteiger partial charge in [0.1, 0.15) is 0 Å². The summed E-state index contributed by atoms with van der Waals surface area (Å²) in [5.74, 6) is -0.408. The van der Waals surface area contributed by atoms with E-state index in [0.29, 0.717) is 42.9 Å². The van der Waals surface area contributed by atoms with Crippen molar-refractivity contribution in [3.63, 3.8) is 0 Å². The molecule has 1 spiro atoms. The van der Waals surface area contributed by atoms with Crippen LogP contribution in [0.2, 0.25) is 10.0 Å². The fourth-order valence-corrected chi connectivity index (χ4v) is 4.58. The molecule has 0 atom stereocenters. The average molecular weight is 415 g/mol. The first-order chi connectivity index (χ1) is 13.0. The predicted molar refractivity (Wildman–Crippen MR) is 107 cm³/mol. The summed E-state index contributed by atoms with van der Waals surface area (Å²) in [4.78, 5) is 17.0.